The predicted molar refractivity (Wildman–Crippen MR) is 76.3 cm³/mol. The Labute approximate surface area is 115 Å². The maximum Gasteiger partial charge on any atom is 0.845 e. The van der Waals surface area contributed by atoms with Gasteiger partial charge in [-0.2, -0.15) is 0 Å². The molecule has 1 aromatic carbocycles. The molecule has 20 heavy (non-hydrogen) atoms. The molecule has 0 unspecified atom stereocenters. The van der Waals surface area contributed by atoms with Gasteiger partial charge in [-0.25, -0.2) is 8.80 Å². The molecule has 0 spiro atoms. The van der Waals surface area contributed by atoms with E-state index in [4.69, 9.17) is 0 Å². The Kier molecular flexibility index (Phi) is 2.24. The number of hydrogen-bond acceptors (Lipinski definition) is 1. The largest absolute Gasteiger partial charge is 0.845 e. The van der Waals surface area contributed by atoms with Crippen molar-refractivity contribution in [3.05, 3.63) is 71.7 Å². The summed E-state index contributed by atoms with van der Waals surface area (Å²) in [5, 5.41) is 9.43. The van der Waals surface area contributed by atoms with Crippen molar-refractivity contribution in [2.75, 3.05) is 0 Å². The van der Waals surface area contributed by atoms with E-state index in [1.54, 1.807) is 33.5 Å². The van der Waals surface area contributed by atoms with Crippen LogP contribution in [0.25, 0.3) is 5.57 Å². The fourth-order valence-electron chi connectivity index (χ4n) is 2.77. The third-order valence-electron chi connectivity index (χ3n) is 3.69. The summed E-state index contributed by atoms with van der Waals surface area (Å²) in [7, 11) is -1.22. The summed E-state index contributed by atoms with van der Waals surface area (Å²) in [6.07, 6.45) is 7.23. The van der Waals surface area contributed by atoms with Crippen LogP contribution in [0.4, 0.5) is 4.32 Å². The van der Waals surface area contributed by atoms with Crippen molar-refractivity contribution in [1.29, 1.82) is 0 Å². The Hall–Kier alpha value is -2.56. The summed E-state index contributed by atoms with van der Waals surface area (Å²) >= 11 is 0. The minimum atomic E-state index is -1.22. The van der Waals surface area contributed by atoms with Gasteiger partial charge < -0.3 is 5.11 Å². The van der Waals surface area contributed by atoms with Crippen molar-refractivity contribution in [2.45, 2.75) is 0 Å². The van der Waals surface area contributed by atoms with E-state index < -0.39 is 7.26 Å². The second kappa shape index (κ2) is 3.97. The van der Waals surface area contributed by atoms with Gasteiger partial charge in [0.05, 0.1) is 11.3 Å². The number of benzene rings is 1. The lowest BCUT2D eigenvalue weighted by molar-refractivity contribution is -0.329. The van der Waals surface area contributed by atoms with Crippen molar-refractivity contribution in [3.63, 3.8) is 0 Å². The monoisotopic (exact) mass is 265 g/mol. The standard InChI is InChI=1S/C15H10BFN2O/c17-16-18-9-1-3-13(18)15(14-4-2-10-19(14)16)11-5-7-12(20)8-6-11/h1-10H/p+1. The summed E-state index contributed by atoms with van der Waals surface area (Å²) in [6, 6.07) is 10.7. The van der Waals surface area contributed by atoms with Gasteiger partial charge in [-0.1, -0.05) is 12.1 Å². The molecular weight excluding hydrogens is 254 g/mol. The lowest BCUT2D eigenvalue weighted by Gasteiger charge is -2.18. The molecule has 0 saturated carbocycles. The number of phenolic OH excluding ortho intramolecular Hbond substituents is 1. The Morgan fingerprint density at radius 2 is 1.95 bits per heavy atom. The molecule has 5 heteroatoms. The molecule has 2 aliphatic rings. The third kappa shape index (κ3) is 1.43. The van der Waals surface area contributed by atoms with Crippen molar-refractivity contribution in [3.8, 4) is 5.75 Å². The highest BCUT2D eigenvalue weighted by atomic mass is 19.1. The second-order valence-electron chi connectivity index (χ2n) is 4.83. The molecule has 2 aliphatic heterocycles. The summed E-state index contributed by atoms with van der Waals surface area (Å²) in [5.74, 6) is 0.222. The minimum Gasteiger partial charge on any atom is -0.508 e. The average Bonchev–Trinajstić information content (AvgIpc) is 3.10. The van der Waals surface area contributed by atoms with E-state index in [9.17, 15) is 9.42 Å². The van der Waals surface area contributed by atoms with Crippen LogP contribution < -0.4 is 0 Å². The molecule has 3 nitrogen and oxygen atoms in total. The van der Waals surface area contributed by atoms with Crippen molar-refractivity contribution in [1.82, 2.24) is 4.48 Å². The molecule has 0 bridgehead atoms. The third-order valence-corrected chi connectivity index (χ3v) is 3.69. The van der Waals surface area contributed by atoms with E-state index in [0.717, 1.165) is 22.5 Å². The summed E-state index contributed by atoms with van der Waals surface area (Å²) < 4.78 is 17.7. The first-order valence-corrected chi connectivity index (χ1v) is 6.40. The number of aromatic hydroxyl groups is 1. The highest BCUT2D eigenvalue weighted by molar-refractivity contribution is 6.42. The van der Waals surface area contributed by atoms with Crippen LogP contribution in [0, 0.1) is 0 Å². The Morgan fingerprint density at radius 3 is 2.75 bits per heavy atom. The summed E-state index contributed by atoms with van der Waals surface area (Å²) in [4.78, 5) is 0. The van der Waals surface area contributed by atoms with Crippen LogP contribution in [0.3, 0.4) is 0 Å². The van der Waals surface area contributed by atoms with Crippen LogP contribution >= 0.6 is 0 Å². The van der Waals surface area contributed by atoms with Gasteiger partial charge in [0, 0.05) is 18.3 Å². The van der Waals surface area contributed by atoms with E-state index in [1.165, 1.54) is 0 Å². The zero-order valence-electron chi connectivity index (χ0n) is 10.6. The first-order valence-electron chi connectivity index (χ1n) is 6.40. The number of hydrogen-bond donors (Lipinski definition) is 1. The van der Waals surface area contributed by atoms with Crippen LogP contribution in [0.1, 0.15) is 11.3 Å². The van der Waals surface area contributed by atoms with E-state index in [-0.39, 0.29) is 5.75 Å². The van der Waals surface area contributed by atoms with Crippen LogP contribution in [0.2, 0.25) is 0 Å². The van der Waals surface area contributed by atoms with E-state index in [2.05, 4.69) is 0 Å². The maximum absolute atomic E-state index is 14.5. The molecule has 3 heterocycles. The molecule has 0 atom stereocenters. The zero-order chi connectivity index (χ0) is 13.7. The highest BCUT2D eigenvalue weighted by Gasteiger charge is 2.46. The molecule has 0 fully saturated rings. The lowest BCUT2D eigenvalue weighted by atomic mass is 9.90. The number of allylic oxidation sites excluding steroid dienone is 2. The summed E-state index contributed by atoms with van der Waals surface area (Å²) in [6.45, 7) is 0. The lowest BCUT2D eigenvalue weighted by Crippen LogP contribution is -2.37. The normalized spacial score (nSPS) is 16.2. The Balaban J connectivity index is 2.01. The molecule has 0 radical (unpaired) electrons. The van der Waals surface area contributed by atoms with Gasteiger partial charge in [-0.05, 0) is 29.8 Å². The van der Waals surface area contributed by atoms with Gasteiger partial charge in [-0.3, -0.25) is 4.48 Å². The SMILES string of the molecule is Oc1ccc(C2=C3C=CC=[N+]3B(F)n3cccc32)cc1. The molecule has 0 aliphatic carbocycles. The van der Waals surface area contributed by atoms with Crippen molar-refractivity contribution >= 4 is 19.0 Å². The van der Waals surface area contributed by atoms with Crippen molar-refractivity contribution < 1.29 is 13.9 Å². The Morgan fingerprint density at radius 1 is 1.15 bits per heavy atom. The molecule has 1 N–H and O–H groups in total. The number of aromatic nitrogens is 1. The molecular formula is C15H11BFN2O+. The Bertz CT molecular complexity index is 786. The molecule has 1 aromatic heterocycles. The maximum atomic E-state index is 14.5. The van der Waals surface area contributed by atoms with Crippen molar-refractivity contribution in [2.24, 2.45) is 0 Å². The first-order chi connectivity index (χ1) is 9.75. The van der Waals surface area contributed by atoms with Gasteiger partial charge in [-0.15, -0.1) is 0 Å². The smallest absolute Gasteiger partial charge is 0.508 e. The van der Waals surface area contributed by atoms with Crippen LogP contribution in [-0.2, 0) is 0 Å². The average molecular weight is 265 g/mol. The van der Waals surface area contributed by atoms with Crippen LogP contribution in [-0.4, -0.2) is 27.5 Å². The highest BCUT2D eigenvalue weighted by Crippen LogP contribution is 2.34. The zero-order valence-corrected chi connectivity index (χ0v) is 10.6. The van der Waals surface area contributed by atoms with Crippen LogP contribution in [0.5, 0.6) is 5.75 Å². The fourth-order valence-corrected chi connectivity index (χ4v) is 2.77. The van der Waals surface area contributed by atoms with E-state index in [0.29, 0.717) is 0 Å². The van der Waals surface area contributed by atoms with Gasteiger partial charge in [0.2, 0.25) is 0 Å². The molecule has 0 amide bonds. The van der Waals surface area contributed by atoms with Crippen LogP contribution in [0.15, 0.2) is 60.4 Å². The first kappa shape index (κ1) is 11.3. The topological polar surface area (TPSA) is 28.2 Å². The number of rotatable bonds is 1. The van der Waals surface area contributed by atoms with Gasteiger partial charge in [0.1, 0.15) is 12.0 Å². The van der Waals surface area contributed by atoms with E-state index in [1.807, 2.05) is 36.4 Å². The molecule has 4 rings (SSSR count). The van der Waals surface area contributed by atoms with Gasteiger partial charge in [0.15, 0.2) is 5.70 Å². The number of fused-ring (bicyclic) bond motifs is 2. The number of phenols is 1. The van der Waals surface area contributed by atoms with E-state index >= 15 is 0 Å². The molecule has 0 saturated heterocycles. The fraction of sp³-hybridized carbons (Fsp3) is 0. The van der Waals surface area contributed by atoms with Gasteiger partial charge in [0.25, 0.3) is 0 Å². The number of halogens is 1. The minimum absolute atomic E-state index is 0.222. The second-order valence-corrected chi connectivity index (χ2v) is 4.83. The van der Waals surface area contributed by atoms with Gasteiger partial charge >= 0.3 is 7.26 Å². The molecule has 96 valence electrons. The quantitative estimate of drug-likeness (QED) is 0.788. The summed E-state index contributed by atoms with van der Waals surface area (Å²) in [5.41, 5.74) is 3.60. The predicted octanol–water partition coefficient (Wildman–Crippen LogP) is 2.42. The molecule has 2 aromatic rings. The number of nitrogens with zero attached hydrogens (tertiary/aromatic N) is 2.